The molecule has 0 aliphatic carbocycles. The summed E-state index contributed by atoms with van der Waals surface area (Å²) in [5.74, 6) is 0.624. The van der Waals surface area contributed by atoms with Crippen LogP contribution < -0.4 is 4.57 Å². The van der Waals surface area contributed by atoms with E-state index in [2.05, 4.69) is 15.9 Å². The number of aromatic nitrogens is 1. The van der Waals surface area contributed by atoms with Crippen LogP contribution in [0.5, 0.6) is 0 Å². The molecule has 0 atom stereocenters. The Kier molecular flexibility index (Phi) is 3.90. The molecule has 0 saturated heterocycles. The van der Waals surface area contributed by atoms with Gasteiger partial charge in [-0.2, -0.15) is 0 Å². The summed E-state index contributed by atoms with van der Waals surface area (Å²) >= 11 is 3.47. The molecule has 0 aliphatic heterocycles. The topological polar surface area (TPSA) is 17.0 Å². The van der Waals surface area contributed by atoms with Gasteiger partial charge in [-0.15, -0.1) is 0 Å². The van der Waals surface area contributed by atoms with E-state index in [9.17, 15) is 4.39 Å². The van der Waals surface area contributed by atoms with E-state index >= 15 is 0 Å². The van der Waals surface area contributed by atoms with Crippen LogP contribution in [0.15, 0.2) is 81.9 Å². The minimum Gasteiger partial charge on any atom is -0.456 e. The van der Waals surface area contributed by atoms with E-state index in [1.165, 1.54) is 6.07 Å². The predicted molar refractivity (Wildman–Crippen MR) is 95.0 cm³/mol. The first-order chi connectivity index (χ1) is 11.7. The van der Waals surface area contributed by atoms with E-state index < -0.39 is 0 Å². The van der Waals surface area contributed by atoms with Crippen molar-refractivity contribution in [2.45, 2.75) is 6.54 Å². The molecule has 0 fully saturated rings. The predicted octanol–water partition coefficient (Wildman–Crippen LogP) is 5.34. The van der Waals surface area contributed by atoms with Crippen molar-refractivity contribution in [1.29, 1.82) is 0 Å². The highest BCUT2D eigenvalue weighted by atomic mass is 79.9. The molecule has 0 spiro atoms. The normalized spacial score (nSPS) is 11.1. The molecule has 2 heterocycles. The van der Waals surface area contributed by atoms with E-state index in [1.807, 2.05) is 59.4 Å². The smallest absolute Gasteiger partial charge is 0.173 e. The Morgan fingerprint density at radius 3 is 2.58 bits per heavy atom. The number of nitrogens with zero attached hydrogens (tertiary/aromatic N) is 1. The van der Waals surface area contributed by atoms with Gasteiger partial charge in [-0.05, 0) is 36.4 Å². The molecule has 24 heavy (non-hydrogen) atoms. The SMILES string of the molecule is Fc1cccc(C[n+]2ccc(-c3cc4cc(Br)ccc4o3)cc2)c1. The van der Waals surface area contributed by atoms with E-state index in [0.717, 1.165) is 32.3 Å². The van der Waals surface area contributed by atoms with Crippen LogP contribution in [0.25, 0.3) is 22.3 Å². The Bertz CT molecular complexity index is 1010. The maximum atomic E-state index is 13.3. The molecule has 0 aliphatic rings. The Balaban J connectivity index is 1.60. The van der Waals surface area contributed by atoms with Gasteiger partial charge >= 0.3 is 0 Å². The van der Waals surface area contributed by atoms with Gasteiger partial charge in [0.05, 0.1) is 0 Å². The van der Waals surface area contributed by atoms with Crippen LogP contribution in [-0.2, 0) is 6.54 Å². The molecular formula is C20H14BrFNO+. The third kappa shape index (κ3) is 3.10. The minimum absolute atomic E-state index is 0.210. The number of rotatable bonds is 3. The monoisotopic (exact) mass is 382 g/mol. The lowest BCUT2D eigenvalue weighted by Gasteiger charge is -1.99. The zero-order valence-corrected chi connectivity index (χ0v) is 14.3. The molecule has 2 aromatic carbocycles. The van der Waals surface area contributed by atoms with Gasteiger partial charge in [0.25, 0.3) is 0 Å². The fraction of sp³-hybridized carbons (Fsp3) is 0.0500. The molecule has 0 bridgehead atoms. The zero-order chi connectivity index (χ0) is 16.5. The molecule has 0 N–H and O–H groups in total. The van der Waals surface area contributed by atoms with Crippen LogP contribution in [-0.4, -0.2) is 0 Å². The highest BCUT2D eigenvalue weighted by Gasteiger charge is 2.09. The lowest BCUT2D eigenvalue weighted by atomic mass is 10.2. The van der Waals surface area contributed by atoms with E-state index in [0.29, 0.717) is 6.54 Å². The molecule has 0 saturated carbocycles. The highest BCUT2D eigenvalue weighted by Crippen LogP contribution is 2.29. The van der Waals surface area contributed by atoms with Crippen molar-refractivity contribution in [2.75, 3.05) is 0 Å². The molecule has 0 amide bonds. The fourth-order valence-corrected chi connectivity index (χ4v) is 3.11. The third-order valence-electron chi connectivity index (χ3n) is 3.91. The van der Waals surface area contributed by atoms with Gasteiger partial charge in [0.15, 0.2) is 18.9 Å². The van der Waals surface area contributed by atoms with Crippen molar-refractivity contribution in [3.05, 3.63) is 88.9 Å². The maximum absolute atomic E-state index is 13.3. The average Bonchev–Trinajstić information content (AvgIpc) is 2.98. The standard InChI is InChI=1S/C20H14BrFNO/c21-17-4-5-19-16(11-17)12-20(24-19)15-6-8-23(9-7-15)13-14-2-1-3-18(22)10-14/h1-12H,13H2/q+1. The van der Waals surface area contributed by atoms with Crippen molar-refractivity contribution >= 4 is 26.9 Å². The maximum Gasteiger partial charge on any atom is 0.173 e. The molecular weight excluding hydrogens is 369 g/mol. The second kappa shape index (κ2) is 6.21. The molecule has 4 rings (SSSR count). The van der Waals surface area contributed by atoms with Gasteiger partial charge in [0, 0.05) is 33.1 Å². The number of furan rings is 1. The van der Waals surface area contributed by atoms with Crippen LogP contribution in [0.1, 0.15) is 5.56 Å². The summed E-state index contributed by atoms with van der Waals surface area (Å²) in [4.78, 5) is 0. The molecule has 0 unspecified atom stereocenters. The average molecular weight is 383 g/mol. The minimum atomic E-state index is -0.210. The van der Waals surface area contributed by atoms with Crippen molar-refractivity contribution in [1.82, 2.24) is 0 Å². The highest BCUT2D eigenvalue weighted by molar-refractivity contribution is 9.10. The van der Waals surface area contributed by atoms with E-state index in [4.69, 9.17) is 4.42 Å². The molecule has 118 valence electrons. The van der Waals surface area contributed by atoms with Gasteiger partial charge < -0.3 is 4.42 Å². The molecule has 2 aromatic heterocycles. The van der Waals surface area contributed by atoms with Crippen molar-refractivity contribution < 1.29 is 13.4 Å². The Labute approximate surface area is 147 Å². The van der Waals surface area contributed by atoms with Crippen LogP contribution in [0.4, 0.5) is 4.39 Å². The summed E-state index contributed by atoms with van der Waals surface area (Å²) < 4.78 is 22.2. The van der Waals surface area contributed by atoms with Crippen molar-refractivity contribution in [3.63, 3.8) is 0 Å². The second-order valence-electron chi connectivity index (χ2n) is 5.68. The Hall–Kier alpha value is -2.46. The number of fused-ring (bicyclic) bond motifs is 1. The summed E-state index contributed by atoms with van der Waals surface area (Å²) in [5, 5.41) is 1.07. The lowest BCUT2D eigenvalue weighted by Crippen LogP contribution is -2.33. The quantitative estimate of drug-likeness (QED) is 0.437. The molecule has 4 heteroatoms. The van der Waals surface area contributed by atoms with Gasteiger partial charge in [-0.3, -0.25) is 0 Å². The summed E-state index contributed by atoms with van der Waals surface area (Å²) in [6, 6.07) is 18.7. The first-order valence-electron chi connectivity index (χ1n) is 7.60. The van der Waals surface area contributed by atoms with Crippen LogP contribution in [0, 0.1) is 5.82 Å². The molecule has 2 nitrogen and oxygen atoms in total. The zero-order valence-electron chi connectivity index (χ0n) is 12.7. The summed E-state index contributed by atoms with van der Waals surface area (Å²) in [6.07, 6.45) is 3.95. The third-order valence-corrected chi connectivity index (χ3v) is 4.40. The Morgan fingerprint density at radius 2 is 1.79 bits per heavy atom. The van der Waals surface area contributed by atoms with Crippen LogP contribution in [0.2, 0.25) is 0 Å². The number of hydrogen-bond donors (Lipinski definition) is 0. The molecule has 4 aromatic rings. The number of halogens is 2. The summed E-state index contributed by atoms with van der Waals surface area (Å²) in [6.45, 7) is 0.630. The number of benzene rings is 2. The van der Waals surface area contributed by atoms with Gasteiger partial charge in [0.1, 0.15) is 17.2 Å². The van der Waals surface area contributed by atoms with Crippen molar-refractivity contribution in [2.24, 2.45) is 0 Å². The van der Waals surface area contributed by atoms with Gasteiger partial charge in [-0.1, -0.05) is 28.1 Å². The largest absolute Gasteiger partial charge is 0.456 e. The van der Waals surface area contributed by atoms with Gasteiger partial charge in [0.2, 0.25) is 0 Å². The van der Waals surface area contributed by atoms with Gasteiger partial charge in [-0.25, -0.2) is 8.96 Å². The molecule has 0 radical (unpaired) electrons. The first kappa shape index (κ1) is 15.1. The van der Waals surface area contributed by atoms with Crippen LogP contribution in [0.3, 0.4) is 0 Å². The number of hydrogen-bond acceptors (Lipinski definition) is 1. The van der Waals surface area contributed by atoms with Crippen molar-refractivity contribution in [3.8, 4) is 11.3 Å². The first-order valence-corrected chi connectivity index (χ1v) is 8.40. The number of pyridine rings is 1. The van der Waals surface area contributed by atoms with Crippen LogP contribution >= 0.6 is 15.9 Å². The Morgan fingerprint density at radius 1 is 0.958 bits per heavy atom. The lowest BCUT2D eigenvalue weighted by molar-refractivity contribution is -0.688. The van der Waals surface area contributed by atoms with E-state index in [1.54, 1.807) is 12.1 Å². The summed E-state index contributed by atoms with van der Waals surface area (Å²) in [5.41, 5.74) is 2.81. The fourth-order valence-electron chi connectivity index (χ4n) is 2.73. The summed E-state index contributed by atoms with van der Waals surface area (Å²) in [7, 11) is 0. The second-order valence-corrected chi connectivity index (χ2v) is 6.60. The van der Waals surface area contributed by atoms with E-state index in [-0.39, 0.29) is 5.82 Å².